The van der Waals surface area contributed by atoms with Gasteiger partial charge in [0.15, 0.2) is 0 Å². The second kappa shape index (κ2) is 4.83. The summed E-state index contributed by atoms with van der Waals surface area (Å²) in [7, 11) is 0. The van der Waals surface area contributed by atoms with E-state index in [0.717, 1.165) is 25.3 Å². The van der Waals surface area contributed by atoms with Crippen molar-refractivity contribution in [2.24, 2.45) is 0 Å². The summed E-state index contributed by atoms with van der Waals surface area (Å²) in [6.45, 7) is 8.24. The molecule has 1 aliphatic rings. The van der Waals surface area contributed by atoms with Crippen molar-refractivity contribution >= 4 is 5.82 Å². The summed E-state index contributed by atoms with van der Waals surface area (Å²) in [4.78, 5) is 6.82. The molecule has 1 fully saturated rings. The van der Waals surface area contributed by atoms with E-state index in [9.17, 15) is 0 Å². The van der Waals surface area contributed by atoms with Crippen LogP contribution in [0.2, 0.25) is 0 Å². The molecular formula is C13H20N2O. The lowest BCUT2D eigenvalue weighted by Crippen LogP contribution is -2.45. The minimum absolute atomic E-state index is 0.288. The molecule has 0 spiro atoms. The van der Waals surface area contributed by atoms with Crippen LogP contribution in [0.1, 0.15) is 26.3 Å². The summed E-state index contributed by atoms with van der Waals surface area (Å²) in [6.07, 6.45) is 3.59. The van der Waals surface area contributed by atoms with E-state index in [-0.39, 0.29) is 12.2 Å². The number of morpholine rings is 1. The largest absolute Gasteiger partial charge is 0.372 e. The van der Waals surface area contributed by atoms with Gasteiger partial charge in [0.2, 0.25) is 0 Å². The summed E-state index contributed by atoms with van der Waals surface area (Å²) in [5.74, 6) is 1.07. The molecule has 88 valence electrons. The fourth-order valence-electron chi connectivity index (χ4n) is 2.18. The summed E-state index contributed by atoms with van der Waals surface area (Å²) in [5, 5.41) is 0. The number of anilines is 1. The first-order chi connectivity index (χ1) is 7.69. The van der Waals surface area contributed by atoms with Crippen molar-refractivity contribution in [1.82, 2.24) is 4.98 Å². The van der Waals surface area contributed by atoms with Gasteiger partial charge in [-0.15, -0.1) is 0 Å². The highest BCUT2D eigenvalue weighted by Gasteiger charge is 2.22. The second-order valence-corrected chi connectivity index (χ2v) is 4.54. The van der Waals surface area contributed by atoms with Crippen molar-refractivity contribution in [3.05, 3.63) is 23.9 Å². The van der Waals surface area contributed by atoms with Crippen molar-refractivity contribution < 1.29 is 4.74 Å². The number of ether oxygens (including phenoxy) is 1. The predicted molar refractivity (Wildman–Crippen MR) is 65.8 cm³/mol. The van der Waals surface area contributed by atoms with Gasteiger partial charge >= 0.3 is 0 Å². The van der Waals surface area contributed by atoms with E-state index in [1.165, 1.54) is 5.56 Å². The fourth-order valence-corrected chi connectivity index (χ4v) is 2.18. The molecule has 0 bridgehead atoms. The zero-order valence-electron chi connectivity index (χ0n) is 10.3. The number of hydrogen-bond acceptors (Lipinski definition) is 3. The maximum Gasteiger partial charge on any atom is 0.128 e. The SMILES string of the molecule is CCc1ccc(N2C[C@@H](C)O[C@H](C)C2)nc1. The molecule has 0 saturated carbocycles. The van der Waals surface area contributed by atoms with Crippen LogP contribution in [0.4, 0.5) is 5.82 Å². The molecule has 0 aliphatic carbocycles. The van der Waals surface area contributed by atoms with Crippen LogP contribution in [0.25, 0.3) is 0 Å². The maximum absolute atomic E-state index is 5.71. The van der Waals surface area contributed by atoms with Gasteiger partial charge in [-0.1, -0.05) is 13.0 Å². The monoisotopic (exact) mass is 220 g/mol. The van der Waals surface area contributed by atoms with Crippen LogP contribution < -0.4 is 4.90 Å². The van der Waals surface area contributed by atoms with Crippen molar-refractivity contribution in [3.8, 4) is 0 Å². The van der Waals surface area contributed by atoms with Gasteiger partial charge in [-0.05, 0) is 31.9 Å². The molecule has 1 aromatic heterocycles. The molecule has 1 aromatic rings. The van der Waals surface area contributed by atoms with E-state index >= 15 is 0 Å². The Morgan fingerprint density at radius 3 is 2.50 bits per heavy atom. The number of rotatable bonds is 2. The quantitative estimate of drug-likeness (QED) is 0.764. The Morgan fingerprint density at radius 1 is 1.31 bits per heavy atom. The third-order valence-electron chi connectivity index (χ3n) is 2.96. The number of aromatic nitrogens is 1. The first-order valence-corrected chi connectivity index (χ1v) is 6.04. The van der Waals surface area contributed by atoms with Crippen molar-refractivity contribution in [2.45, 2.75) is 39.4 Å². The molecule has 2 atom stereocenters. The summed E-state index contributed by atoms with van der Waals surface area (Å²) < 4.78 is 5.71. The van der Waals surface area contributed by atoms with E-state index < -0.39 is 0 Å². The average Bonchev–Trinajstić information content (AvgIpc) is 2.28. The first kappa shape index (κ1) is 11.4. The minimum Gasteiger partial charge on any atom is -0.372 e. The van der Waals surface area contributed by atoms with Crippen LogP contribution in [-0.2, 0) is 11.2 Å². The third kappa shape index (κ3) is 2.53. The molecule has 0 N–H and O–H groups in total. The average molecular weight is 220 g/mol. The normalized spacial score (nSPS) is 25.8. The van der Waals surface area contributed by atoms with Gasteiger partial charge in [0, 0.05) is 19.3 Å². The highest BCUT2D eigenvalue weighted by Crippen LogP contribution is 2.18. The standard InChI is InChI=1S/C13H20N2O/c1-4-12-5-6-13(14-7-12)15-8-10(2)16-11(3)9-15/h5-7,10-11H,4,8-9H2,1-3H3/t10-,11-/m1/s1. The van der Waals surface area contributed by atoms with Gasteiger partial charge in [-0.3, -0.25) is 0 Å². The van der Waals surface area contributed by atoms with E-state index in [1.54, 1.807) is 0 Å². The highest BCUT2D eigenvalue weighted by molar-refractivity contribution is 5.40. The summed E-state index contributed by atoms with van der Waals surface area (Å²) in [5.41, 5.74) is 1.29. The molecule has 2 rings (SSSR count). The number of pyridine rings is 1. The van der Waals surface area contributed by atoms with Crippen LogP contribution in [0.15, 0.2) is 18.3 Å². The lowest BCUT2D eigenvalue weighted by atomic mass is 10.2. The second-order valence-electron chi connectivity index (χ2n) is 4.54. The zero-order valence-corrected chi connectivity index (χ0v) is 10.3. The molecule has 3 heteroatoms. The van der Waals surface area contributed by atoms with Crippen LogP contribution in [-0.4, -0.2) is 30.3 Å². The Labute approximate surface area is 97.4 Å². The predicted octanol–water partition coefficient (Wildman–Crippen LogP) is 2.26. The third-order valence-corrected chi connectivity index (χ3v) is 2.96. The minimum atomic E-state index is 0.288. The van der Waals surface area contributed by atoms with Gasteiger partial charge in [0.05, 0.1) is 12.2 Å². The highest BCUT2D eigenvalue weighted by atomic mass is 16.5. The van der Waals surface area contributed by atoms with Crippen molar-refractivity contribution in [1.29, 1.82) is 0 Å². The first-order valence-electron chi connectivity index (χ1n) is 6.04. The van der Waals surface area contributed by atoms with E-state index in [1.807, 2.05) is 6.20 Å². The fraction of sp³-hybridized carbons (Fsp3) is 0.615. The topological polar surface area (TPSA) is 25.4 Å². The van der Waals surface area contributed by atoms with Crippen LogP contribution in [0, 0.1) is 0 Å². The Bertz CT molecular complexity index is 326. The van der Waals surface area contributed by atoms with E-state index in [2.05, 4.69) is 42.8 Å². The Balaban J connectivity index is 2.10. The molecule has 0 radical (unpaired) electrons. The zero-order chi connectivity index (χ0) is 11.5. The molecule has 0 amide bonds. The number of nitrogens with zero attached hydrogens (tertiary/aromatic N) is 2. The summed E-state index contributed by atoms with van der Waals surface area (Å²) in [6, 6.07) is 4.27. The molecule has 1 saturated heterocycles. The molecule has 3 nitrogen and oxygen atoms in total. The Morgan fingerprint density at radius 2 is 2.00 bits per heavy atom. The number of aryl methyl sites for hydroxylation is 1. The number of hydrogen-bond donors (Lipinski definition) is 0. The molecule has 0 unspecified atom stereocenters. The molecule has 0 aromatic carbocycles. The van der Waals surface area contributed by atoms with Crippen LogP contribution in [0.5, 0.6) is 0 Å². The summed E-state index contributed by atoms with van der Waals surface area (Å²) >= 11 is 0. The van der Waals surface area contributed by atoms with E-state index in [0.29, 0.717) is 0 Å². The van der Waals surface area contributed by atoms with Gasteiger partial charge < -0.3 is 9.64 Å². The van der Waals surface area contributed by atoms with E-state index in [4.69, 9.17) is 4.74 Å². The van der Waals surface area contributed by atoms with Crippen LogP contribution >= 0.6 is 0 Å². The van der Waals surface area contributed by atoms with Gasteiger partial charge in [-0.2, -0.15) is 0 Å². The van der Waals surface area contributed by atoms with Gasteiger partial charge in [0.25, 0.3) is 0 Å². The maximum atomic E-state index is 5.71. The molecule has 16 heavy (non-hydrogen) atoms. The lowest BCUT2D eigenvalue weighted by Gasteiger charge is -2.36. The Hall–Kier alpha value is -1.09. The van der Waals surface area contributed by atoms with Crippen molar-refractivity contribution in [2.75, 3.05) is 18.0 Å². The molecular weight excluding hydrogens is 200 g/mol. The Kier molecular flexibility index (Phi) is 3.44. The smallest absolute Gasteiger partial charge is 0.128 e. The van der Waals surface area contributed by atoms with Crippen LogP contribution in [0.3, 0.4) is 0 Å². The van der Waals surface area contributed by atoms with Crippen molar-refractivity contribution in [3.63, 3.8) is 0 Å². The van der Waals surface area contributed by atoms with Gasteiger partial charge in [0.1, 0.15) is 5.82 Å². The molecule has 1 aliphatic heterocycles. The molecule has 2 heterocycles. The lowest BCUT2D eigenvalue weighted by molar-refractivity contribution is -0.00545. The van der Waals surface area contributed by atoms with Gasteiger partial charge in [-0.25, -0.2) is 4.98 Å².